The molecule has 0 atom stereocenters. The lowest BCUT2D eigenvalue weighted by molar-refractivity contribution is -0.383. The van der Waals surface area contributed by atoms with E-state index in [1.165, 1.54) is 23.5 Å². The summed E-state index contributed by atoms with van der Waals surface area (Å²) in [4.78, 5) is 22.9. The Morgan fingerprint density at radius 3 is 2.33 bits per heavy atom. The summed E-state index contributed by atoms with van der Waals surface area (Å²) in [5, 5.41) is 17.2. The van der Waals surface area contributed by atoms with Gasteiger partial charge in [0, 0.05) is 0 Å². The second-order valence-corrected chi connectivity index (χ2v) is 6.99. The van der Waals surface area contributed by atoms with E-state index in [0.717, 1.165) is 23.2 Å². The molecule has 0 bridgehead atoms. The van der Waals surface area contributed by atoms with Gasteiger partial charge in [0.15, 0.2) is 5.13 Å². The van der Waals surface area contributed by atoms with Gasteiger partial charge in [-0.3, -0.25) is 10.1 Å². The van der Waals surface area contributed by atoms with Gasteiger partial charge in [-0.2, -0.15) is 13.2 Å². The van der Waals surface area contributed by atoms with Gasteiger partial charge in [0.05, 0.1) is 26.4 Å². The highest BCUT2D eigenvalue weighted by Crippen LogP contribution is 2.39. The van der Waals surface area contributed by atoms with Crippen molar-refractivity contribution in [3.63, 3.8) is 0 Å². The molecule has 0 fully saturated rings. The number of para-hydroxylation sites is 2. The lowest BCUT2D eigenvalue weighted by Gasteiger charge is -2.14. The number of hydrogen-bond donors (Lipinski definition) is 2. The van der Waals surface area contributed by atoms with Gasteiger partial charge in [-0.25, -0.2) is 15.0 Å². The number of aromatic nitrogens is 3. The second kappa shape index (κ2) is 7.55. The molecule has 12 heteroatoms. The Hall–Kier alpha value is -3.80. The fourth-order valence-electron chi connectivity index (χ4n) is 2.73. The van der Waals surface area contributed by atoms with Crippen LogP contribution in [0.3, 0.4) is 0 Å². The first-order valence-corrected chi connectivity index (χ1v) is 9.20. The molecule has 4 rings (SSSR count). The number of nitro groups is 1. The fraction of sp³-hybridized carbons (Fsp3) is 0.0556. The van der Waals surface area contributed by atoms with Crippen molar-refractivity contribution in [2.24, 2.45) is 0 Å². The minimum atomic E-state index is -4.65. The van der Waals surface area contributed by atoms with Crippen molar-refractivity contribution in [1.29, 1.82) is 0 Å². The fourth-order valence-corrected chi connectivity index (χ4v) is 3.59. The van der Waals surface area contributed by atoms with Crippen LogP contribution in [0.25, 0.3) is 10.2 Å². The van der Waals surface area contributed by atoms with Crippen molar-refractivity contribution >= 4 is 49.7 Å². The standard InChI is InChI=1S/C18H11F3N6O2S/c19-18(20,21)10-5-1-2-6-11(10)24-15-14(27(28)29)16(23-9-22-15)26-17-25-12-7-3-4-8-13(12)30-17/h1-9H,(H2,22,23,24,25,26). The van der Waals surface area contributed by atoms with E-state index >= 15 is 0 Å². The van der Waals surface area contributed by atoms with Crippen LogP contribution in [0.4, 0.5) is 41.3 Å². The van der Waals surface area contributed by atoms with Crippen molar-refractivity contribution in [2.75, 3.05) is 10.6 Å². The van der Waals surface area contributed by atoms with E-state index in [4.69, 9.17) is 0 Å². The molecule has 0 spiro atoms. The summed E-state index contributed by atoms with van der Waals surface area (Å²) in [6.45, 7) is 0. The monoisotopic (exact) mass is 432 g/mol. The van der Waals surface area contributed by atoms with E-state index < -0.39 is 22.4 Å². The molecule has 152 valence electrons. The van der Waals surface area contributed by atoms with Crippen molar-refractivity contribution in [2.45, 2.75) is 6.18 Å². The van der Waals surface area contributed by atoms with Crippen molar-refractivity contribution in [3.8, 4) is 0 Å². The highest BCUT2D eigenvalue weighted by molar-refractivity contribution is 7.22. The van der Waals surface area contributed by atoms with Crippen LogP contribution in [0.15, 0.2) is 54.9 Å². The van der Waals surface area contributed by atoms with Crippen LogP contribution in [-0.2, 0) is 6.18 Å². The maximum Gasteiger partial charge on any atom is 0.418 e. The van der Waals surface area contributed by atoms with Gasteiger partial charge in [-0.15, -0.1) is 0 Å². The van der Waals surface area contributed by atoms with Gasteiger partial charge < -0.3 is 10.6 Å². The van der Waals surface area contributed by atoms with E-state index in [1.807, 2.05) is 12.1 Å². The Morgan fingerprint density at radius 1 is 0.967 bits per heavy atom. The second-order valence-electron chi connectivity index (χ2n) is 5.96. The molecule has 8 nitrogen and oxygen atoms in total. The van der Waals surface area contributed by atoms with E-state index in [0.29, 0.717) is 10.6 Å². The molecule has 0 aliphatic rings. The highest BCUT2D eigenvalue weighted by Gasteiger charge is 2.34. The van der Waals surface area contributed by atoms with E-state index in [1.54, 1.807) is 12.1 Å². The minimum Gasteiger partial charge on any atom is -0.334 e. The lowest BCUT2D eigenvalue weighted by Crippen LogP contribution is -2.10. The quantitative estimate of drug-likeness (QED) is 0.317. The van der Waals surface area contributed by atoms with Crippen LogP contribution in [0, 0.1) is 10.1 Å². The number of hydrogen-bond acceptors (Lipinski definition) is 8. The summed E-state index contributed by atoms with van der Waals surface area (Å²) in [7, 11) is 0. The van der Waals surface area contributed by atoms with Gasteiger partial charge in [0.25, 0.3) is 0 Å². The summed E-state index contributed by atoms with van der Waals surface area (Å²) >= 11 is 1.25. The van der Waals surface area contributed by atoms with Gasteiger partial charge >= 0.3 is 11.9 Å². The Morgan fingerprint density at radius 2 is 1.63 bits per heavy atom. The Bertz CT molecular complexity index is 1210. The molecule has 0 radical (unpaired) electrons. The molecule has 0 saturated heterocycles. The Kier molecular flexibility index (Phi) is 4.91. The molecule has 0 amide bonds. The minimum absolute atomic E-state index is 0.193. The van der Waals surface area contributed by atoms with E-state index in [-0.39, 0.29) is 17.3 Å². The van der Waals surface area contributed by atoms with Gasteiger partial charge in [0.1, 0.15) is 6.33 Å². The number of alkyl halides is 3. The number of rotatable bonds is 5. The largest absolute Gasteiger partial charge is 0.418 e. The SMILES string of the molecule is O=[N+]([O-])c1c(Nc2nc3ccccc3s2)ncnc1Nc1ccccc1C(F)(F)F. The maximum absolute atomic E-state index is 13.3. The number of thiazole rings is 1. The molecule has 2 N–H and O–H groups in total. The molecule has 0 saturated carbocycles. The summed E-state index contributed by atoms with van der Waals surface area (Å²) < 4.78 is 40.6. The number of halogens is 3. The van der Waals surface area contributed by atoms with Crippen LogP contribution < -0.4 is 10.6 Å². The predicted octanol–water partition coefficient (Wildman–Crippen LogP) is 5.50. The molecular weight excluding hydrogens is 421 g/mol. The maximum atomic E-state index is 13.3. The van der Waals surface area contributed by atoms with Crippen molar-refractivity contribution in [3.05, 3.63) is 70.5 Å². The van der Waals surface area contributed by atoms with Gasteiger partial charge in [-0.1, -0.05) is 35.6 Å². The molecule has 0 unspecified atom stereocenters. The van der Waals surface area contributed by atoms with Crippen molar-refractivity contribution in [1.82, 2.24) is 15.0 Å². The highest BCUT2D eigenvalue weighted by atomic mass is 32.1. The average molecular weight is 432 g/mol. The number of anilines is 4. The average Bonchev–Trinajstić information content (AvgIpc) is 3.10. The third-order valence-corrected chi connectivity index (χ3v) is 4.96. The van der Waals surface area contributed by atoms with Crippen LogP contribution in [0.5, 0.6) is 0 Å². The molecule has 4 aromatic rings. The number of benzene rings is 2. The first kappa shape index (κ1) is 19.5. The van der Waals surface area contributed by atoms with Gasteiger partial charge in [0.2, 0.25) is 11.6 Å². The van der Waals surface area contributed by atoms with Crippen LogP contribution >= 0.6 is 11.3 Å². The van der Waals surface area contributed by atoms with Crippen LogP contribution in [0.2, 0.25) is 0 Å². The predicted molar refractivity (Wildman–Crippen MR) is 106 cm³/mol. The normalized spacial score (nSPS) is 11.4. The van der Waals surface area contributed by atoms with Gasteiger partial charge in [-0.05, 0) is 24.3 Å². The molecular formula is C18H11F3N6O2S. The third-order valence-electron chi connectivity index (χ3n) is 4.01. The zero-order valence-electron chi connectivity index (χ0n) is 14.8. The van der Waals surface area contributed by atoms with Crippen LogP contribution in [-0.4, -0.2) is 19.9 Å². The Balaban J connectivity index is 1.73. The Labute approximate surface area is 170 Å². The molecule has 0 aliphatic heterocycles. The first-order valence-electron chi connectivity index (χ1n) is 8.38. The van der Waals surface area contributed by atoms with E-state index in [9.17, 15) is 23.3 Å². The molecule has 2 aromatic carbocycles. The first-order chi connectivity index (χ1) is 14.3. The van der Waals surface area contributed by atoms with Crippen molar-refractivity contribution < 1.29 is 18.1 Å². The summed E-state index contributed by atoms with van der Waals surface area (Å²) in [5.74, 6) is -0.573. The topological polar surface area (TPSA) is 106 Å². The van der Waals surface area contributed by atoms with E-state index in [2.05, 4.69) is 25.6 Å². The molecule has 2 heterocycles. The zero-order valence-corrected chi connectivity index (χ0v) is 15.7. The molecule has 30 heavy (non-hydrogen) atoms. The lowest BCUT2D eigenvalue weighted by atomic mass is 10.1. The number of nitrogens with zero attached hydrogens (tertiary/aromatic N) is 4. The summed E-state index contributed by atoms with van der Waals surface area (Å²) in [5.41, 5.74) is -1.25. The number of nitrogens with one attached hydrogen (secondary N) is 2. The smallest absolute Gasteiger partial charge is 0.334 e. The third kappa shape index (κ3) is 3.85. The number of fused-ring (bicyclic) bond motifs is 1. The summed E-state index contributed by atoms with van der Waals surface area (Å²) in [6, 6.07) is 11.9. The van der Waals surface area contributed by atoms with Crippen LogP contribution in [0.1, 0.15) is 5.56 Å². The summed E-state index contributed by atoms with van der Waals surface area (Å²) in [6.07, 6.45) is -3.63. The zero-order chi connectivity index (χ0) is 21.3. The molecule has 0 aliphatic carbocycles. The molecule has 2 aromatic heterocycles.